The number of aryl methyl sites for hydroxylation is 1. The standard InChI is InChI=1S/C17H24N2O2/c20-17(6-3-5-15-4-1-2-10-18-15)19(16-7-8-16)12-14-9-11-21-13-14/h1-2,4,10,14,16H,3,5-9,11-13H2. The summed E-state index contributed by atoms with van der Waals surface area (Å²) in [4.78, 5) is 18.9. The monoisotopic (exact) mass is 288 g/mol. The van der Waals surface area contributed by atoms with E-state index >= 15 is 0 Å². The maximum atomic E-state index is 12.5. The average molecular weight is 288 g/mol. The third kappa shape index (κ3) is 4.27. The van der Waals surface area contributed by atoms with Gasteiger partial charge in [0.2, 0.25) is 5.91 Å². The predicted molar refractivity (Wildman–Crippen MR) is 80.8 cm³/mol. The van der Waals surface area contributed by atoms with Gasteiger partial charge in [-0.1, -0.05) is 6.07 Å². The third-order valence-corrected chi connectivity index (χ3v) is 4.34. The molecule has 2 fully saturated rings. The van der Waals surface area contributed by atoms with Crippen LogP contribution in [0, 0.1) is 5.92 Å². The molecule has 1 aromatic heterocycles. The molecule has 1 atom stereocenters. The second-order valence-corrected chi connectivity index (χ2v) is 6.18. The maximum Gasteiger partial charge on any atom is 0.222 e. The normalized spacial score (nSPS) is 21.4. The van der Waals surface area contributed by atoms with Crippen LogP contribution < -0.4 is 0 Å². The van der Waals surface area contributed by atoms with Gasteiger partial charge in [0, 0.05) is 43.4 Å². The van der Waals surface area contributed by atoms with Gasteiger partial charge in [-0.05, 0) is 44.2 Å². The van der Waals surface area contributed by atoms with E-state index in [1.165, 1.54) is 12.8 Å². The summed E-state index contributed by atoms with van der Waals surface area (Å²) in [6.45, 7) is 2.58. The molecule has 21 heavy (non-hydrogen) atoms. The van der Waals surface area contributed by atoms with Crippen molar-refractivity contribution < 1.29 is 9.53 Å². The van der Waals surface area contributed by atoms with Crippen molar-refractivity contribution in [2.75, 3.05) is 19.8 Å². The minimum absolute atomic E-state index is 0.320. The zero-order chi connectivity index (χ0) is 14.5. The zero-order valence-electron chi connectivity index (χ0n) is 12.5. The van der Waals surface area contributed by atoms with Crippen molar-refractivity contribution in [3.8, 4) is 0 Å². The number of pyridine rings is 1. The number of carbonyl (C=O) groups excluding carboxylic acids is 1. The van der Waals surface area contributed by atoms with Gasteiger partial charge in [0.15, 0.2) is 0 Å². The molecule has 4 nitrogen and oxygen atoms in total. The van der Waals surface area contributed by atoms with E-state index in [9.17, 15) is 4.79 Å². The Morgan fingerprint density at radius 2 is 2.24 bits per heavy atom. The van der Waals surface area contributed by atoms with Gasteiger partial charge in [-0.15, -0.1) is 0 Å². The Labute approximate surface area is 126 Å². The van der Waals surface area contributed by atoms with E-state index in [1.54, 1.807) is 0 Å². The first kappa shape index (κ1) is 14.5. The van der Waals surface area contributed by atoms with Crippen molar-refractivity contribution in [3.05, 3.63) is 30.1 Å². The first-order chi connectivity index (χ1) is 10.3. The molecule has 1 unspecified atom stereocenters. The second kappa shape index (κ2) is 7.03. The van der Waals surface area contributed by atoms with Crippen molar-refractivity contribution in [1.29, 1.82) is 0 Å². The van der Waals surface area contributed by atoms with Gasteiger partial charge in [-0.25, -0.2) is 0 Å². The zero-order valence-corrected chi connectivity index (χ0v) is 12.5. The molecule has 0 N–H and O–H groups in total. The summed E-state index contributed by atoms with van der Waals surface area (Å²) in [6.07, 6.45) is 7.69. The number of nitrogens with zero attached hydrogens (tertiary/aromatic N) is 2. The molecule has 2 heterocycles. The Kier molecular flexibility index (Phi) is 4.86. The number of hydrogen-bond acceptors (Lipinski definition) is 3. The molecule has 1 saturated heterocycles. The molecule has 1 amide bonds. The van der Waals surface area contributed by atoms with Gasteiger partial charge in [0.25, 0.3) is 0 Å². The van der Waals surface area contributed by atoms with Crippen LogP contribution in [-0.2, 0) is 16.0 Å². The fraction of sp³-hybridized carbons (Fsp3) is 0.647. The first-order valence-corrected chi connectivity index (χ1v) is 8.10. The van der Waals surface area contributed by atoms with Gasteiger partial charge < -0.3 is 9.64 Å². The average Bonchev–Trinajstić information content (AvgIpc) is 3.22. The van der Waals surface area contributed by atoms with Gasteiger partial charge in [0.05, 0.1) is 6.61 Å². The predicted octanol–water partition coefficient (Wildman–Crippen LogP) is 2.43. The quantitative estimate of drug-likeness (QED) is 0.774. The van der Waals surface area contributed by atoms with Crippen LogP contribution in [0.1, 0.15) is 37.8 Å². The highest BCUT2D eigenvalue weighted by Gasteiger charge is 2.34. The van der Waals surface area contributed by atoms with Gasteiger partial charge in [-0.3, -0.25) is 9.78 Å². The molecule has 1 aliphatic heterocycles. The Bertz CT molecular complexity index is 453. The van der Waals surface area contributed by atoms with Crippen molar-refractivity contribution in [2.24, 2.45) is 5.92 Å². The van der Waals surface area contributed by atoms with Crippen LogP contribution in [0.3, 0.4) is 0 Å². The van der Waals surface area contributed by atoms with Crippen molar-refractivity contribution in [3.63, 3.8) is 0 Å². The Balaban J connectivity index is 1.45. The number of hydrogen-bond donors (Lipinski definition) is 0. The molecule has 0 radical (unpaired) electrons. The first-order valence-electron chi connectivity index (χ1n) is 8.10. The Morgan fingerprint density at radius 1 is 1.33 bits per heavy atom. The lowest BCUT2D eigenvalue weighted by atomic mass is 10.1. The summed E-state index contributed by atoms with van der Waals surface area (Å²) < 4.78 is 5.43. The van der Waals surface area contributed by atoms with Crippen LogP contribution >= 0.6 is 0 Å². The number of rotatable bonds is 7. The molecule has 4 heteroatoms. The number of carbonyl (C=O) groups is 1. The second-order valence-electron chi connectivity index (χ2n) is 6.18. The van der Waals surface area contributed by atoms with Crippen LogP contribution in [0.4, 0.5) is 0 Å². The van der Waals surface area contributed by atoms with Crippen molar-refractivity contribution in [2.45, 2.75) is 44.6 Å². The topological polar surface area (TPSA) is 42.4 Å². The fourth-order valence-electron chi connectivity index (χ4n) is 2.96. The highest BCUT2D eigenvalue weighted by Crippen LogP contribution is 2.29. The van der Waals surface area contributed by atoms with Crippen molar-refractivity contribution >= 4 is 5.91 Å². The molecular weight excluding hydrogens is 264 g/mol. The highest BCUT2D eigenvalue weighted by atomic mass is 16.5. The summed E-state index contributed by atoms with van der Waals surface area (Å²) in [5.41, 5.74) is 1.08. The minimum atomic E-state index is 0.320. The van der Waals surface area contributed by atoms with Crippen molar-refractivity contribution in [1.82, 2.24) is 9.88 Å². The lowest BCUT2D eigenvalue weighted by molar-refractivity contribution is -0.132. The molecule has 0 bridgehead atoms. The molecule has 1 aliphatic carbocycles. The molecule has 0 aromatic carbocycles. The molecule has 0 spiro atoms. The molecule has 1 aromatic rings. The molecule has 2 aliphatic rings. The lowest BCUT2D eigenvalue weighted by Crippen LogP contribution is -2.37. The van der Waals surface area contributed by atoms with Crippen LogP contribution in [0.2, 0.25) is 0 Å². The van der Waals surface area contributed by atoms with E-state index in [-0.39, 0.29) is 0 Å². The number of amides is 1. The Morgan fingerprint density at radius 3 is 2.90 bits per heavy atom. The summed E-state index contributed by atoms with van der Waals surface area (Å²) in [7, 11) is 0. The molecule has 1 saturated carbocycles. The highest BCUT2D eigenvalue weighted by molar-refractivity contribution is 5.76. The summed E-state index contributed by atoms with van der Waals surface area (Å²) in [5.74, 6) is 0.866. The van der Waals surface area contributed by atoms with E-state index < -0.39 is 0 Å². The molecular formula is C17H24N2O2. The smallest absolute Gasteiger partial charge is 0.222 e. The third-order valence-electron chi connectivity index (χ3n) is 4.34. The van der Waals surface area contributed by atoms with Crippen LogP contribution in [0.5, 0.6) is 0 Å². The lowest BCUT2D eigenvalue weighted by Gasteiger charge is -2.25. The fourth-order valence-corrected chi connectivity index (χ4v) is 2.96. The maximum absolute atomic E-state index is 12.5. The van der Waals surface area contributed by atoms with Crippen LogP contribution in [0.15, 0.2) is 24.4 Å². The molecule has 114 valence electrons. The van der Waals surface area contributed by atoms with E-state index in [1.807, 2.05) is 24.4 Å². The molecule has 3 rings (SSSR count). The minimum Gasteiger partial charge on any atom is -0.381 e. The van der Waals surface area contributed by atoms with Gasteiger partial charge in [0.1, 0.15) is 0 Å². The number of ether oxygens (including phenoxy) is 1. The van der Waals surface area contributed by atoms with Gasteiger partial charge in [-0.2, -0.15) is 0 Å². The Hall–Kier alpha value is -1.42. The number of aromatic nitrogens is 1. The van der Waals surface area contributed by atoms with E-state index in [2.05, 4.69) is 9.88 Å². The summed E-state index contributed by atoms with van der Waals surface area (Å²) in [5, 5.41) is 0. The summed E-state index contributed by atoms with van der Waals surface area (Å²) >= 11 is 0. The summed E-state index contributed by atoms with van der Waals surface area (Å²) in [6, 6.07) is 6.46. The van der Waals surface area contributed by atoms with E-state index in [4.69, 9.17) is 4.74 Å². The van der Waals surface area contributed by atoms with Crippen LogP contribution in [0.25, 0.3) is 0 Å². The largest absolute Gasteiger partial charge is 0.381 e. The SMILES string of the molecule is O=C(CCCc1ccccn1)N(CC1CCOC1)C1CC1. The van der Waals surface area contributed by atoms with Crippen LogP contribution in [-0.4, -0.2) is 41.6 Å². The van der Waals surface area contributed by atoms with E-state index in [0.29, 0.717) is 24.3 Å². The van der Waals surface area contributed by atoms with Gasteiger partial charge >= 0.3 is 0 Å². The van der Waals surface area contributed by atoms with E-state index in [0.717, 1.165) is 44.7 Å².